The van der Waals surface area contributed by atoms with Gasteiger partial charge in [-0.05, 0) is 19.0 Å². The number of hydrogen-bond acceptors (Lipinski definition) is 4. The fourth-order valence-electron chi connectivity index (χ4n) is 2.86. The van der Waals surface area contributed by atoms with Crippen molar-refractivity contribution < 1.29 is 0 Å². The molecule has 22 heavy (non-hydrogen) atoms. The van der Waals surface area contributed by atoms with Gasteiger partial charge in [0, 0.05) is 50.3 Å². The van der Waals surface area contributed by atoms with Gasteiger partial charge in [-0.15, -0.1) is 0 Å². The van der Waals surface area contributed by atoms with Gasteiger partial charge in [0.2, 0.25) is 0 Å². The van der Waals surface area contributed by atoms with E-state index in [1.165, 1.54) is 5.69 Å². The number of fused-ring (bicyclic) bond motifs is 1. The first-order chi connectivity index (χ1) is 10.9. The predicted molar refractivity (Wildman–Crippen MR) is 82.1 cm³/mol. The van der Waals surface area contributed by atoms with Crippen LogP contribution in [0.4, 0.5) is 0 Å². The maximum absolute atomic E-state index is 4.73. The van der Waals surface area contributed by atoms with Crippen molar-refractivity contribution in [2.24, 2.45) is 0 Å². The summed E-state index contributed by atoms with van der Waals surface area (Å²) >= 11 is 0. The summed E-state index contributed by atoms with van der Waals surface area (Å²) in [6.07, 6.45) is 9.44. The van der Waals surface area contributed by atoms with Crippen LogP contribution in [0.5, 0.6) is 0 Å². The number of nitrogens with one attached hydrogen (secondary N) is 2. The van der Waals surface area contributed by atoms with Gasteiger partial charge in [0.05, 0.1) is 12.0 Å². The monoisotopic (exact) mass is 297 g/mol. The minimum Gasteiger partial charge on any atom is -0.348 e. The first-order valence-corrected chi connectivity index (χ1v) is 7.66. The molecule has 4 rings (SSSR count). The van der Waals surface area contributed by atoms with Crippen LogP contribution in [0.15, 0.2) is 31.0 Å². The molecule has 0 fully saturated rings. The Morgan fingerprint density at radius 2 is 2.32 bits per heavy atom. The standard InChI is InChI=1S/C15H19N7/c1-3-16-10-13-8-14(20-22(13)5-1)15-18-4-7-21(15)6-2-12-9-17-11-19-12/h4,7-9,11,16H,1-3,5-6,10H2,(H,17,19). The first-order valence-electron chi connectivity index (χ1n) is 7.66. The Labute approximate surface area is 128 Å². The summed E-state index contributed by atoms with van der Waals surface area (Å²) in [6.45, 7) is 3.76. The van der Waals surface area contributed by atoms with Crippen LogP contribution >= 0.6 is 0 Å². The van der Waals surface area contributed by atoms with E-state index in [9.17, 15) is 0 Å². The number of aryl methyl sites for hydroxylation is 3. The lowest BCUT2D eigenvalue weighted by molar-refractivity contribution is 0.587. The number of aromatic nitrogens is 6. The van der Waals surface area contributed by atoms with Crippen LogP contribution in [0, 0.1) is 0 Å². The van der Waals surface area contributed by atoms with Gasteiger partial charge in [0.25, 0.3) is 0 Å². The molecule has 0 atom stereocenters. The van der Waals surface area contributed by atoms with Crippen molar-refractivity contribution in [3.63, 3.8) is 0 Å². The molecule has 114 valence electrons. The highest BCUT2D eigenvalue weighted by Gasteiger charge is 2.15. The molecular formula is C15H19N7. The Bertz CT molecular complexity index is 714. The van der Waals surface area contributed by atoms with Gasteiger partial charge in [-0.2, -0.15) is 5.10 Å². The second kappa shape index (κ2) is 5.76. The summed E-state index contributed by atoms with van der Waals surface area (Å²) in [6, 6.07) is 2.15. The highest BCUT2D eigenvalue weighted by molar-refractivity contribution is 5.50. The van der Waals surface area contributed by atoms with Crippen LogP contribution in [0.3, 0.4) is 0 Å². The third kappa shape index (κ3) is 2.55. The van der Waals surface area contributed by atoms with Gasteiger partial charge >= 0.3 is 0 Å². The van der Waals surface area contributed by atoms with Gasteiger partial charge in [0.15, 0.2) is 5.82 Å². The Balaban J connectivity index is 1.57. The largest absolute Gasteiger partial charge is 0.348 e. The van der Waals surface area contributed by atoms with E-state index in [2.05, 4.69) is 35.6 Å². The molecule has 1 aliphatic heterocycles. The summed E-state index contributed by atoms with van der Waals surface area (Å²) in [4.78, 5) is 11.7. The maximum atomic E-state index is 4.73. The van der Waals surface area contributed by atoms with Crippen LogP contribution in [0.2, 0.25) is 0 Å². The molecule has 0 saturated heterocycles. The van der Waals surface area contributed by atoms with Crippen molar-refractivity contribution in [1.82, 2.24) is 34.6 Å². The number of nitrogens with zero attached hydrogens (tertiary/aromatic N) is 5. The van der Waals surface area contributed by atoms with E-state index in [-0.39, 0.29) is 0 Å². The summed E-state index contributed by atoms with van der Waals surface area (Å²) in [7, 11) is 0. The van der Waals surface area contributed by atoms with Crippen LogP contribution in [-0.2, 0) is 26.1 Å². The van der Waals surface area contributed by atoms with Gasteiger partial charge in [-0.1, -0.05) is 0 Å². The maximum Gasteiger partial charge on any atom is 0.160 e. The molecule has 7 nitrogen and oxygen atoms in total. The highest BCUT2D eigenvalue weighted by Crippen LogP contribution is 2.19. The van der Waals surface area contributed by atoms with E-state index in [4.69, 9.17) is 5.10 Å². The van der Waals surface area contributed by atoms with E-state index in [0.29, 0.717) is 0 Å². The Morgan fingerprint density at radius 3 is 3.23 bits per heavy atom. The van der Waals surface area contributed by atoms with Crippen LogP contribution < -0.4 is 5.32 Å². The smallest absolute Gasteiger partial charge is 0.160 e. The van der Waals surface area contributed by atoms with Gasteiger partial charge in [0.1, 0.15) is 5.69 Å². The molecule has 0 unspecified atom stereocenters. The zero-order chi connectivity index (χ0) is 14.8. The molecule has 4 heterocycles. The van der Waals surface area contributed by atoms with Crippen LogP contribution in [-0.4, -0.2) is 35.8 Å². The van der Waals surface area contributed by atoms with E-state index in [1.54, 1.807) is 6.33 Å². The average molecular weight is 297 g/mol. The highest BCUT2D eigenvalue weighted by atomic mass is 15.3. The molecule has 0 radical (unpaired) electrons. The van der Waals surface area contributed by atoms with E-state index in [0.717, 1.165) is 56.2 Å². The minimum atomic E-state index is 0.859. The Hall–Kier alpha value is -2.41. The van der Waals surface area contributed by atoms with Crippen molar-refractivity contribution in [1.29, 1.82) is 0 Å². The summed E-state index contributed by atoms with van der Waals surface area (Å²) < 4.78 is 4.25. The zero-order valence-electron chi connectivity index (χ0n) is 12.4. The lowest BCUT2D eigenvalue weighted by Crippen LogP contribution is -2.11. The molecule has 7 heteroatoms. The van der Waals surface area contributed by atoms with Crippen LogP contribution in [0.1, 0.15) is 17.8 Å². The number of rotatable bonds is 4. The predicted octanol–water partition coefficient (Wildman–Crippen LogP) is 1.21. The third-order valence-electron chi connectivity index (χ3n) is 4.01. The normalized spacial score (nSPS) is 14.7. The molecule has 0 aromatic carbocycles. The molecule has 0 saturated carbocycles. The second-order valence-corrected chi connectivity index (χ2v) is 5.55. The van der Waals surface area contributed by atoms with Crippen molar-refractivity contribution in [2.75, 3.05) is 6.54 Å². The molecule has 0 spiro atoms. The number of imidazole rings is 2. The molecule has 3 aromatic heterocycles. The molecule has 0 amide bonds. The minimum absolute atomic E-state index is 0.859. The number of hydrogen-bond donors (Lipinski definition) is 2. The summed E-state index contributed by atoms with van der Waals surface area (Å²) in [5.74, 6) is 0.931. The molecule has 0 bridgehead atoms. The number of H-pyrrole nitrogens is 1. The SMILES string of the molecule is c1cn(CCc2cnc[nH]2)c(-c2cc3n(n2)CCCNC3)n1. The third-order valence-corrected chi connectivity index (χ3v) is 4.01. The van der Waals surface area contributed by atoms with Gasteiger partial charge < -0.3 is 14.9 Å². The Morgan fingerprint density at radius 1 is 1.32 bits per heavy atom. The number of aromatic amines is 1. The first kappa shape index (κ1) is 13.3. The fraction of sp³-hybridized carbons (Fsp3) is 0.400. The van der Waals surface area contributed by atoms with E-state index < -0.39 is 0 Å². The molecule has 2 N–H and O–H groups in total. The van der Waals surface area contributed by atoms with Crippen LogP contribution in [0.25, 0.3) is 11.5 Å². The molecule has 1 aliphatic rings. The zero-order valence-corrected chi connectivity index (χ0v) is 12.4. The van der Waals surface area contributed by atoms with Crippen molar-refractivity contribution >= 4 is 0 Å². The van der Waals surface area contributed by atoms with Gasteiger partial charge in [-0.3, -0.25) is 4.68 Å². The lowest BCUT2D eigenvalue weighted by Gasteiger charge is -2.05. The van der Waals surface area contributed by atoms with E-state index >= 15 is 0 Å². The van der Waals surface area contributed by atoms with Crippen molar-refractivity contribution in [3.05, 3.63) is 42.4 Å². The summed E-state index contributed by atoms with van der Waals surface area (Å²) in [5.41, 5.74) is 3.31. The average Bonchev–Trinajstić information content (AvgIpc) is 3.24. The topological polar surface area (TPSA) is 76.3 Å². The molecular weight excluding hydrogens is 278 g/mol. The van der Waals surface area contributed by atoms with Crippen molar-refractivity contribution in [2.45, 2.75) is 32.5 Å². The molecule has 0 aliphatic carbocycles. The second-order valence-electron chi connectivity index (χ2n) is 5.55. The fourth-order valence-corrected chi connectivity index (χ4v) is 2.86. The van der Waals surface area contributed by atoms with Gasteiger partial charge in [-0.25, -0.2) is 9.97 Å². The lowest BCUT2D eigenvalue weighted by atomic mass is 10.3. The quantitative estimate of drug-likeness (QED) is 0.759. The Kier molecular flexibility index (Phi) is 3.48. The van der Waals surface area contributed by atoms with Crippen molar-refractivity contribution in [3.8, 4) is 11.5 Å². The summed E-state index contributed by atoms with van der Waals surface area (Å²) in [5, 5.41) is 8.15. The molecule has 3 aromatic rings. The van der Waals surface area contributed by atoms with E-state index in [1.807, 2.05) is 18.6 Å².